The van der Waals surface area contributed by atoms with Crippen LogP contribution in [0.3, 0.4) is 0 Å². The number of hydrogen-bond donors (Lipinski definition) is 1. The molecule has 0 bridgehead atoms. The number of rotatable bonds is 12. The largest absolute Gasteiger partial charge is 0.441 e. The summed E-state index contributed by atoms with van der Waals surface area (Å²) < 4.78 is 13.1. The molecule has 0 aromatic heterocycles. The maximum atomic E-state index is 8.32. The van der Waals surface area contributed by atoms with E-state index in [0.717, 1.165) is 54.6 Å². The third-order valence-electron chi connectivity index (χ3n) is 8.81. The van der Waals surface area contributed by atoms with Gasteiger partial charge < -0.3 is 14.9 Å². The number of ether oxygens (including phenoxy) is 2. The van der Waals surface area contributed by atoms with Crippen LogP contribution in [0.25, 0.3) is 0 Å². The Kier molecular flexibility index (Phi) is 12.8. The molecule has 45 heavy (non-hydrogen) atoms. The first-order chi connectivity index (χ1) is 21.0. The van der Waals surface area contributed by atoms with E-state index in [2.05, 4.69) is 99.3 Å². The van der Waals surface area contributed by atoms with E-state index in [-0.39, 0.29) is 16.2 Å². The van der Waals surface area contributed by atoms with Crippen molar-refractivity contribution in [2.24, 2.45) is 4.99 Å². The number of nitrogens with one attached hydrogen (secondary N) is 1. The van der Waals surface area contributed by atoms with E-state index in [1.54, 1.807) is 0 Å². The lowest BCUT2D eigenvalue weighted by atomic mass is 9.79. The molecule has 1 aliphatic rings. The fraction of sp³-hybridized carbons (Fsp3) is 0.641. The van der Waals surface area contributed by atoms with Gasteiger partial charge in [0, 0.05) is 47.3 Å². The van der Waals surface area contributed by atoms with Crippen molar-refractivity contribution in [3.63, 3.8) is 0 Å². The molecule has 0 amide bonds. The van der Waals surface area contributed by atoms with E-state index in [4.69, 9.17) is 31.5 Å². The molecule has 1 saturated carbocycles. The number of halogens is 1. The molecule has 2 aromatic carbocycles. The Hall–Kier alpha value is -2.37. The fourth-order valence-corrected chi connectivity index (χ4v) is 6.09. The minimum atomic E-state index is -1.10. The molecule has 6 heteroatoms. The Morgan fingerprint density at radius 2 is 1.42 bits per heavy atom. The fourth-order valence-electron chi connectivity index (χ4n) is 5.91. The second-order valence-corrected chi connectivity index (χ2v) is 16.2. The molecular formula is C39H60ClN3O2. The molecule has 1 unspecified atom stereocenters. The molecule has 0 saturated heterocycles. The Morgan fingerprint density at radius 3 is 1.96 bits per heavy atom. The second-order valence-electron chi connectivity index (χ2n) is 15.8. The van der Waals surface area contributed by atoms with Crippen LogP contribution in [-0.4, -0.2) is 42.2 Å². The van der Waals surface area contributed by atoms with Crippen LogP contribution < -0.4 is 9.47 Å². The van der Waals surface area contributed by atoms with Crippen LogP contribution in [-0.2, 0) is 22.8 Å². The average Bonchev–Trinajstić information content (AvgIpc) is 2.95. The topological polar surface area (TPSA) is 57.9 Å². The minimum absolute atomic E-state index is 0.0466. The number of alkyl halides is 1. The van der Waals surface area contributed by atoms with Gasteiger partial charge in [0.2, 0.25) is 0 Å². The van der Waals surface area contributed by atoms with Gasteiger partial charge in [0.1, 0.15) is 11.5 Å². The van der Waals surface area contributed by atoms with Crippen molar-refractivity contribution in [3.05, 3.63) is 57.6 Å². The highest BCUT2D eigenvalue weighted by Crippen LogP contribution is 2.40. The monoisotopic (exact) mass is 637 g/mol. The molecule has 1 N–H and O–H groups in total. The van der Waals surface area contributed by atoms with Gasteiger partial charge in [0.15, 0.2) is 0 Å². The van der Waals surface area contributed by atoms with Gasteiger partial charge in [-0.2, -0.15) is 0 Å². The lowest BCUT2D eigenvalue weighted by Crippen LogP contribution is -2.27. The molecular weight excluding hydrogens is 578 g/mol. The van der Waals surface area contributed by atoms with Crippen molar-refractivity contribution in [3.8, 4) is 11.5 Å². The van der Waals surface area contributed by atoms with E-state index in [1.807, 2.05) is 12.3 Å². The Labute approximate surface area is 279 Å². The van der Waals surface area contributed by atoms with Crippen LogP contribution in [0.2, 0.25) is 0 Å². The van der Waals surface area contributed by atoms with Crippen LogP contribution in [0.15, 0.2) is 29.3 Å². The average molecular weight is 638 g/mol. The van der Waals surface area contributed by atoms with Crippen LogP contribution in [0.5, 0.6) is 11.5 Å². The van der Waals surface area contributed by atoms with E-state index in [9.17, 15) is 0 Å². The van der Waals surface area contributed by atoms with Gasteiger partial charge in [-0.3, -0.25) is 9.89 Å². The summed E-state index contributed by atoms with van der Waals surface area (Å²) >= 11 is 7.01. The van der Waals surface area contributed by atoms with Crippen molar-refractivity contribution in [1.29, 1.82) is 5.41 Å². The number of hydrogen-bond acceptors (Lipinski definition) is 5. The number of nitrogens with zero attached hydrogens (tertiary/aromatic N) is 2. The molecule has 1 aliphatic carbocycles. The zero-order valence-electron chi connectivity index (χ0n) is 30.1. The van der Waals surface area contributed by atoms with E-state index < -0.39 is 5.75 Å². The Balaban J connectivity index is 2.11. The molecule has 5 nitrogen and oxygen atoms in total. The van der Waals surface area contributed by atoms with Gasteiger partial charge in [0.25, 0.3) is 0 Å². The van der Waals surface area contributed by atoms with E-state index in [0.29, 0.717) is 29.6 Å². The van der Waals surface area contributed by atoms with E-state index in [1.165, 1.54) is 31.0 Å². The van der Waals surface area contributed by atoms with Crippen LogP contribution >= 0.6 is 11.6 Å². The highest BCUT2D eigenvalue weighted by Gasteiger charge is 2.29. The molecule has 250 valence electrons. The SMILES string of the molecule is CCCN(CC)Cc1cc(C(C)(C)C)cc(C=N)c1OC(Cl)Oc1c(C=NC2CCCCC2)cc(C(C)(C)C)cc1C(C)(C)C. The summed E-state index contributed by atoms with van der Waals surface area (Å²) in [7, 11) is 0. The molecule has 3 rings (SSSR count). The second kappa shape index (κ2) is 15.5. The highest BCUT2D eigenvalue weighted by atomic mass is 35.5. The smallest absolute Gasteiger partial charge is 0.322 e. The summed E-state index contributed by atoms with van der Waals surface area (Å²) in [5.41, 5.74) is 5.80. The molecule has 1 atom stereocenters. The maximum Gasteiger partial charge on any atom is 0.322 e. The summed E-state index contributed by atoms with van der Waals surface area (Å²) in [6.07, 6.45) is 10.5. The zero-order chi connectivity index (χ0) is 33.6. The van der Waals surface area contributed by atoms with Crippen LogP contribution in [0, 0.1) is 5.41 Å². The van der Waals surface area contributed by atoms with Gasteiger partial charge in [-0.05, 0) is 83.5 Å². The summed E-state index contributed by atoms with van der Waals surface area (Å²) in [4.78, 5) is 7.46. The Morgan fingerprint density at radius 1 is 0.844 bits per heavy atom. The molecule has 0 aliphatic heterocycles. The molecule has 0 heterocycles. The predicted octanol–water partition coefficient (Wildman–Crippen LogP) is 10.5. The molecule has 1 fully saturated rings. The third-order valence-corrected chi connectivity index (χ3v) is 8.99. The van der Waals surface area contributed by atoms with Crippen LogP contribution in [0.4, 0.5) is 0 Å². The standard InChI is InChI=1S/C39H60ClN3O2/c1-12-19-43(13-2)26-29-22-30(37(3,4)5)20-27(24-41)34(29)44-36(40)45-35-28(25-42-32-17-15-14-16-18-32)21-31(38(6,7)8)23-33(35)39(9,10)11/h20-25,32,36,41H,12-19,26H2,1-11H3. The van der Waals surface area contributed by atoms with Crippen molar-refractivity contribution >= 4 is 24.0 Å². The number of benzene rings is 2. The molecule has 0 radical (unpaired) electrons. The maximum absolute atomic E-state index is 8.32. The van der Waals surface area contributed by atoms with Gasteiger partial charge in [-0.1, -0.05) is 108 Å². The first-order valence-electron chi connectivity index (χ1n) is 17.1. The van der Waals surface area contributed by atoms with Gasteiger partial charge in [0.05, 0.1) is 0 Å². The summed E-state index contributed by atoms with van der Waals surface area (Å²) in [6.45, 7) is 26.9. The van der Waals surface area contributed by atoms with Crippen LogP contribution in [0.1, 0.15) is 148 Å². The molecule has 0 spiro atoms. The predicted molar refractivity (Wildman–Crippen MR) is 193 cm³/mol. The Bertz CT molecular complexity index is 1310. The zero-order valence-corrected chi connectivity index (χ0v) is 30.8. The highest BCUT2D eigenvalue weighted by molar-refractivity contribution is 6.19. The van der Waals surface area contributed by atoms with Gasteiger partial charge >= 0.3 is 5.75 Å². The first kappa shape index (κ1) is 37.1. The molecule has 2 aromatic rings. The minimum Gasteiger partial charge on any atom is -0.441 e. The van der Waals surface area contributed by atoms with Gasteiger partial charge in [-0.25, -0.2) is 0 Å². The third kappa shape index (κ3) is 10.3. The summed E-state index contributed by atoms with van der Waals surface area (Å²) in [5, 5.41) is 8.32. The van der Waals surface area contributed by atoms with Crippen molar-refractivity contribution in [1.82, 2.24) is 4.90 Å². The quantitative estimate of drug-likeness (QED) is 0.143. The van der Waals surface area contributed by atoms with Crippen molar-refractivity contribution in [2.45, 2.75) is 149 Å². The summed E-state index contributed by atoms with van der Waals surface area (Å²) in [5.74, 6) is 0.210. The lowest BCUT2D eigenvalue weighted by Gasteiger charge is -2.30. The summed E-state index contributed by atoms with van der Waals surface area (Å²) in [6, 6.07) is 9.07. The number of aliphatic imine (C=N–C) groups is 1. The normalized spacial score (nSPS) is 15.9. The van der Waals surface area contributed by atoms with Crippen molar-refractivity contribution in [2.75, 3.05) is 13.1 Å². The first-order valence-corrected chi connectivity index (χ1v) is 17.5. The van der Waals surface area contributed by atoms with Crippen molar-refractivity contribution < 1.29 is 9.47 Å². The van der Waals surface area contributed by atoms with Gasteiger partial charge in [-0.15, -0.1) is 0 Å². The lowest BCUT2D eigenvalue weighted by molar-refractivity contribution is 0.0735. The van der Waals surface area contributed by atoms with E-state index >= 15 is 0 Å².